The van der Waals surface area contributed by atoms with Crippen LogP contribution in [0.1, 0.15) is 24.5 Å². The van der Waals surface area contributed by atoms with Gasteiger partial charge in [0.1, 0.15) is 0 Å². The largest absolute Gasteiger partial charge is 0.310 e. The van der Waals surface area contributed by atoms with Crippen LogP contribution < -0.4 is 4.90 Å². The van der Waals surface area contributed by atoms with E-state index >= 15 is 0 Å². The van der Waals surface area contributed by atoms with Crippen molar-refractivity contribution in [2.45, 2.75) is 18.8 Å². The lowest BCUT2D eigenvalue weighted by molar-refractivity contribution is 0.601. The maximum Gasteiger partial charge on any atom is 0.0991 e. The van der Waals surface area contributed by atoms with Crippen molar-refractivity contribution in [3.63, 3.8) is 0 Å². The van der Waals surface area contributed by atoms with Gasteiger partial charge < -0.3 is 4.90 Å². The smallest absolute Gasteiger partial charge is 0.0991 e. The molecule has 200 valence electrons. The number of anilines is 2. The summed E-state index contributed by atoms with van der Waals surface area (Å²) >= 11 is 0. The minimum absolute atomic E-state index is 0.188. The van der Waals surface area contributed by atoms with Crippen molar-refractivity contribution in [2.24, 2.45) is 0 Å². The Bertz CT molecular complexity index is 2020. The predicted molar refractivity (Wildman–Crippen MR) is 176 cm³/mol. The molecule has 0 aliphatic heterocycles. The summed E-state index contributed by atoms with van der Waals surface area (Å²) < 4.78 is 0. The zero-order valence-corrected chi connectivity index (χ0v) is 23.5. The first kappa shape index (κ1) is 25.6. The van der Waals surface area contributed by atoms with Crippen LogP contribution in [-0.2, 0) is 5.41 Å². The number of para-hydroxylation sites is 1. The molecule has 0 saturated carbocycles. The van der Waals surface area contributed by atoms with Crippen molar-refractivity contribution in [3.8, 4) is 17.2 Å². The summed E-state index contributed by atoms with van der Waals surface area (Å²) in [6.45, 7) is 2.34. The molecule has 0 spiro atoms. The second-order valence-corrected chi connectivity index (χ2v) is 11.2. The molecule has 2 heteroatoms. The van der Waals surface area contributed by atoms with Crippen LogP contribution in [0.2, 0.25) is 0 Å². The molecule has 1 aliphatic carbocycles. The molecule has 0 heterocycles. The number of hydrogen-bond donors (Lipinski definition) is 0. The number of allylic oxidation sites excluding steroid dienone is 3. The summed E-state index contributed by atoms with van der Waals surface area (Å²) in [6.07, 6.45) is 7.93. The highest BCUT2D eigenvalue weighted by molar-refractivity contribution is 6.00. The fourth-order valence-corrected chi connectivity index (χ4v) is 6.28. The van der Waals surface area contributed by atoms with Gasteiger partial charge in [-0.1, -0.05) is 122 Å². The van der Waals surface area contributed by atoms with Crippen molar-refractivity contribution in [1.29, 1.82) is 5.26 Å². The molecule has 2 nitrogen and oxygen atoms in total. The minimum Gasteiger partial charge on any atom is -0.310 e. The van der Waals surface area contributed by atoms with Crippen LogP contribution in [0.5, 0.6) is 0 Å². The molecule has 0 radical (unpaired) electrons. The molecule has 0 fully saturated rings. The topological polar surface area (TPSA) is 27.0 Å². The lowest BCUT2D eigenvalue weighted by Gasteiger charge is -2.34. The van der Waals surface area contributed by atoms with Gasteiger partial charge in [0.05, 0.1) is 17.3 Å². The normalized spacial score (nSPS) is 16.2. The number of fused-ring (bicyclic) bond motifs is 2. The van der Waals surface area contributed by atoms with Gasteiger partial charge >= 0.3 is 0 Å². The number of hydrogen-bond acceptors (Lipinski definition) is 2. The summed E-state index contributed by atoms with van der Waals surface area (Å²) in [6, 6.07) is 49.1. The average Bonchev–Trinajstić information content (AvgIpc) is 3.06. The van der Waals surface area contributed by atoms with Gasteiger partial charge in [-0.05, 0) is 75.7 Å². The molecule has 0 aromatic heterocycles. The molecule has 1 aliphatic rings. The second-order valence-electron chi connectivity index (χ2n) is 11.2. The van der Waals surface area contributed by atoms with E-state index in [-0.39, 0.29) is 5.41 Å². The summed E-state index contributed by atoms with van der Waals surface area (Å²) in [5.74, 6) is 0. The first-order chi connectivity index (χ1) is 20.6. The Labute approximate surface area is 247 Å². The first-order valence-electron chi connectivity index (χ1n) is 14.4. The molecule has 1 unspecified atom stereocenters. The van der Waals surface area contributed by atoms with E-state index in [1.807, 2.05) is 12.1 Å². The van der Waals surface area contributed by atoms with E-state index in [1.165, 1.54) is 44.1 Å². The van der Waals surface area contributed by atoms with Crippen LogP contribution in [-0.4, -0.2) is 0 Å². The summed E-state index contributed by atoms with van der Waals surface area (Å²) in [4.78, 5) is 2.38. The van der Waals surface area contributed by atoms with E-state index in [0.717, 1.165) is 17.7 Å². The second kappa shape index (κ2) is 10.5. The third-order valence-electron chi connectivity index (χ3n) is 8.48. The van der Waals surface area contributed by atoms with Gasteiger partial charge in [-0.3, -0.25) is 0 Å². The predicted octanol–water partition coefficient (Wildman–Crippen LogP) is 10.5. The van der Waals surface area contributed by atoms with Gasteiger partial charge in [-0.2, -0.15) is 5.26 Å². The molecular weight excluding hydrogens is 508 g/mol. The van der Waals surface area contributed by atoms with Gasteiger partial charge in [0.2, 0.25) is 0 Å². The Morgan fingerprint density at radius 2 is 1.38 bits per heavy atom. The highest BCUT2D eigenvalue weighted by Gasteiger charge is 2.29. The molecule has 0 bridgehead atoms. The summed E-state index contributed by atoms with van der Waals surface area (Å²) in [7, 11) is 0. The highest BCUT2D eigenvalue weighted by atomic mass is 15.1. The van der Waals surface area contributed by atoms with Crippen LogP contribution in [0.25, 0.3) is 32.7 Å². The molecule has 0 saturated heterocycles. The Balaban J connectivity index is 1.33. The lowest BCUT2D eigenvalue weighted by Crippen LogP contribution is -2.25. The zero-order valence-electron chi connectivity index (χ0n) is 23.5. The van der Waals surface area contributed by atoms with Crippen molar-refractivity contribution in [2.75, 3.05) is 4.90 Å². The Hall–Kier alpha value is -5.39. The average molecular weight is 539 g/mol. The fourth-order valence-electron chi connectivity index (χ4n) is 6.28. The van der Waals surface area contributed by atoms with Gasteiger partial charge in [0.25, 0.3) is 0 Å². The quantitative estimate of drug-likeness (QED) is 0.218. The minimum atomic E-state index is -0.188. The highest BCUT2D eigenvalue weighted by Crippen LogP contribution is 2.44. The van der Waals surface area contributed by atoms with Crippen LogP contribution in [0.4, 0.5) is 11.4 Å². The van der Waals surface area contributed by atoms with Crippen molar-refractivity contribution in [3.05, 3.63) is 169 Å². The maximum atomic E-state index is 9.31. The van der Waals surface area contributed by atoms with Crippen molar-refractivity contribution >= 4 is 32.9 Å². The molecule has 7 rings (SSSR count). The lowest BCUT2D eigenvalue weighted by atomic mass is 9.74. The monoisotopic (exact) mass is 538 g/mol. The third kappa shape index (κ3) is 4.46. The third-order valence-corrected chi connectivity index (χ3v) is 8.48. The van der Waals surface area contributed by atoms with Gasteiger partial charge in [0.15, 0.2) is 0 Å². The van der Waals surface area contributed by atoms with Crippen LogP contribution in [0.3, 0.4) is 0 Å². The molecule has 0 N–H and O–H groups in total. The SMILES string of the molecule is CC1(c2cccc3cccc(-c4ccc(C#N)cc4)c23)C=CC(N(c2ccccc2)c2cccc3ccccc23)=CC1. The van der Waals surface area contributed by atoms with Crippen LogP contribution in [0, 0.1) is 11.3 Å². The van der Waals surface area contributed by atoms with E-state index in [0.29, 0.717) is 5.56 Å². The number of nitrogens with zero attached hydrogens (tertiary/aromatic N) is 2. The Morgan fingerprint density at radius 3 is 2.14 bits per heavy atom. The Morgan fingerprint density at radius 1 is 0.690 bits per heavy atom. The molecular formula is C40H30N2. The molecule has 1 atom stereocenters. The summed E-state index contributed by atoms with van der Waals surface area (Å²) in [5, 5.41) is 14.3. The number of nitriles is 1. The van der Waals surface area contributed by atoms with Gasteiger partial charge in [-0.15, -0.1) is 0 Å². The van der Waals surface area contributed by atoms with E-state index in [2.05, 4.69) is 157 Å². The standard InChI is InChI=1S/C40H30N2/c1-40(37-18-8-13-32-12-7-17-36(39(32)37)31-22-20-29(28-41)21-23-31)26-24-34(25-27-40)42(33-14-3-2-4-15-33)38-19-9-11-30-10-5-6-16-35(30)38/h2-26H,27H2,1H3. The Kier molecular flexibility index (Phi) is 6.42. The van der Waals surface area contributed by atoms with E-state index < -0.39 is 0 Å². The molecule has 6 aromatic rings. The maximum absolute atomic E-state index is 9.31. The van der Waals surface area contributed by atoms with E-state index in [4.69, 9.17) is 0 Å². The van der Waals surface area contributed by atoms with Crippen LogP contribution >= 0.6 is 0 Å². The van der Waals surface area contributed by atoms with E-state index in [9.17, 15) is 5.26 Å². The van der Waals surface area contributed by atoms with E-state index in [1.54, 1.807) is 0 Å². The molecule has 6 aromatic carbocycles. The number of benzene rings is 6. The van der Waals surface area contributed by atoms with Gasteiger partial charge in [-0.25, -0.2) is 0 Å². The molecule has 42 heavy (non-hydrogen) atoms. The van der Waals surface area contributed by atoms with Gasteiger partial charge in [0, 0.05) is 22.2 Å². The fraction of sp³-hybridized carbons (Fsp3) is 0.0750. The summed E-state index contributed by atoms with van der Waals surface area (Å²) in [5.41, 5.74) is 7.59. The zero-order chi connectivity index (χ0) is 28.5. The molecule has 0 amide bonds. The number of rotatable bonds is 5. The van der Waals surface area contributed by atoms with Crippen molar-refractivity contribution in [1.82, 2.24) is 0 Å². The van der Waals surface area contributed by atoms with Crippen molar-refractivity contribution < 1.29 is 0 Å². The first-order valence-corrected chi connectivity index (χ1v) is 14.4. The van der Waals surface area contributed by atoms with Crippen LogP contribution in [0.15, 0.2) is 157 Å².